The van der Waals surface area contributed by atoms with E-state index in [0.717, 1.165) is 0 Å². The van der Waals surface area contributed by atoms with E-state index in [1.807, 2.05) is 50.2 Å². The fourth-order valence-corrected chi connectivity index (χ4v) is 3.51. The SMILES string of the molecule is COc1cccc(C=Nn2c(N)c(C(=O)NCC(C)C)c3nc4ccccc4nc32)c1OC. The van der Waals surface area contributed by atoms with Gasteiger partial charge in [-0.25, -0.2) is 9.97 Å². The fourth-order valence-electron chi connectivity index (χ4n) is 3.51. The van der Waals surface area contributed by atoms with Gasteiger partial charge < -0.3 is 20.5 Å². The summed E-state index contributed by atoms with van der Waals surface area (Å²) in [4.78, 5) is 22.4. The number of carbonyl (C=O) groups excluding carboxylic acids is 1. The van der Waals surface area contributed by atoms with Gasteiger partial charge >= 0.3 is 0 Å². The highest BCUT2D eigenvalue weighted by Gasteiger charge is 2.24. The van der Waals surface area contributed by atoms with Gasteiger partial charge in [0.15, 0.2) is 17.1 Å². The number of benzene rings is 2. The molecular weight excluding hydrogens is 420 g/mol. The van der Waals surface area contributed by atoms with Gasteiger partial charge in [-0.1, -0.05) is 32.0 Å². The maximum Gasteiger partial charge on any atom is 0.257 e. The maximum atomic E-state index is 13.0. The van der Waals surface area contributed by atoms with E-state index in [2.05, 4.69) is 15.4 Å². The van der Waals surface area contributed by atoms with Gasteiger partial charge in [0.1, 0.15) is 16.9 Å². The Labute approximate surface area is 191 Å². The molecule has 0 aliphatic heterocycles. The van der Waals surface area contributed by atoms with Crippen LogP contribution in [0.3, 0.4) is 0 Å². The molecule has 170 valence electrons. The number of fused-ring (bicyclic) bond motifs is 2. The van der Waals surface area contributed by atoms with Gasteiger partial charge in [0.25, 0.3) is 5.91 Å². The third-order valence-electron chi connectivity index (χ3n) is 5.12. The van der Waals surface area contributed by atoms with Crippen LogP contribution in [0.15, 0.2) is 47.6 Å². The van der Waals surface area contributed by atoms with E-state index in [-0.39, 0.29) is 23.2 Å². The zero-order chi connectivity index (χ0) is 23.5. The van der Waals surface area contributed by atoms with Crippen LogP contribution < -0.4 is 20.5 Å². The summed E-state index contributed by atoms with van der Waals surface area (Å²) in [5.41, 5.74) is 9.47. The number of aromatic nitrogens is 3. The molecule has 0 saturated carbocycles. The predicted molar refractivity (Wildman–Crippen MR) is 129 cm³/mol. The van der Waals surface area contributed by atoms with Crippen molar-refractivity contribution >= 4 is 40.1 Å². The molecule has 0 aliphatic rings. The van der Waals surface area contributed by atoms with Gasteiger partial charge in [-0.3, -0.25) is 4.79 Å². The van der Waals surface area contributed by atoms with Gasteiger partial charge in [0.05, 0.1) is 31.5 Å². The molecule has 1 amide bonds. The number of carbonyl (C=O) groups is 1. The molecule has 0 aliphatic carbocycles. The molecule has 0 saturated heterocycles. The number of amides is 1. The number of methoxy groups -OCH3 is 2. The Morgan fingerprint density at radius 3 is 2.52 bits per heavy atom. The highest BCUT2D eigenvalue weighted by molar-refractivity contribution is 6.10. The van der Waals surface area contributed by atoms with E-state index in [4.69, 9.17) is 20.2 Å². The molecule has 0 fully saturated rings. The molecule has 9 heteroatoms. The van der Waals surface area contributed by atoms with Crippen molar-refractivity contribution in [1.29, 1.82) is 0 Å². The first kappa shape index (κ1) is 22.1. The van der Waals surface area contributed by atoms with Crippen LogP contribution >= 0.6 is 0 Å². The van der Waals surface area contributed by atoms with Crippen molar-refractivity contribution in [3.63, 3.8) is 0 Å². The summed E-state index contributed by atoms with van der Waals surface area (Å²) in [6, 6.07) is 12.9. The van der Waals surface area contributed by atoms with E-state index in [1.165, 1.54) is 4.68 Å². The first-order chi connectivity index (χ1) is 15.9. The lowest BCUT2D eigenvalue weighted by atomic mass is 10.2. The summed E-state index contributed by atoms with van der Waals surface area (Å²) < 4.78 is 12.3. The minimum absolute atomic E-state index is 0.152. The summed E-state index contributed by atoms with van der Waals surface area (Å²) in [6.45, 7) is 4.55. The smallest absolute Gasteiger partial charge is 0.257 e. The fraction of sp³-hybridized carbons (Fsp3) is 0.250. The van der Waals surface area contributed by atoms with E-state index < -0.39 is 0 Å². The number of ether oxygens (including phenoxy) is 2. The van der Waals surface area contributed by atoms with Gasteiger partial charge in [-0.2, -0.15) is 9.78 Å². The molecule has 0 atom stereocenters. The Hall–Kier alpha value is -4.14. The molecule has 2 aromatic carbocycles. The van der Waals surface area contributed by atoms with Crippen LogP contribution in [0.1, 0.15) is 29.8 Å². The van der Waals surface area contributed by atoms with Crippen molar-refractivity contribution in [3.05, 3.63) is 53.6 Å². The molecule has 3 N–H and O–H groups in total. The predicted octanol–water partition coefficient (Wildman–Crippen LogP) is 3.45. The lowest BCUT2D eigenvalue weighted by molar-refractivity contribution is 0.0951. The molecular formula is C24H26N6O3. The maximum absolute atomic E-state index is 13.0. The van der Waals surface area contributed by atoms with Gasteiger partial charge in [0, 0.05) is 12.1 Å². The topological polar surface area (TPSA) is 117 Å². The molecule has 0 bridgehead atoms. The summed E-state index contributed by atoms with van der Waals surface area (Å²) in [5.74, 6) is 1.23. The summed E-state index contributed by atoms with van der Waals surface area (Å²) in [5, 5.41) is 7.45. The Morgan fingerprint density at radius 1 is 1.12 bits per heavy atom. The van der Waals surface area contributed by atoms with Gasteiger partial charge in [-0.15, -0.1) is 0 Å². The number of hydrogen-bond donors (Lipinski definition) is 2. The summed E-state index contributed by atoms with van der Waals surface area (Å²) in [7, 11) is 3.13. The molecule has 0 radical (unpaired) electrons. The van der Waals surface area contributed by atoms with Crippen molar-refractivity contribution in [2.75, 3.05) is 26.5 Å². The average molecular weight is 447 g/mol. The van der Waals surface area contributed by atoms with Crippen molar-refractivity contribution in [2.45, 2.75) is 13.8 Å². The quantitative estimate of drug-likeness (QED) is 0.420. The Morgan fingerprint density at radius 2 is 1.85 bits per heavy atom. The molecule has 0 spiro atoms. The van der Waals surface area contributed by atoms with E-state index in [0.29, 0.717) is 45.8 Å². The number of para-hydroxylation sites is 3. The van der Waals surface area contributed by atoms with E-state index in [9.17, 15) is 4.79 Å². The normalized spacial score (nSPS) is 11.5. The lowest BCUT2D eigenvalue weighted by Gasteiger charge is -2.09. The number of rotatable bonds is 7. The molecule has 4 rings (SSSR count). The molecule has 9 nitrogen and oxygen atoms in total. The largest absolute Gasteiger partial charge is 0.493 e. The molecule has 2 aromatic heterocycles. The summed E-state index contributed by atoms with van der Waals surface area (Å²) >= 11 is 0. The van der Waals surface area contributed by atoms with Gasteiger partial charge in [0.2, 0.25) is 0 Å². The van der Waals surface area contributed by atoms with Crippen molar-refractivity contribution < 1.29 is 14.3 Å². The van der Waals surface area contributed by atoms with Crippen molar-refractivity contribution in [1.82, 2.24) is 20.0 Å². The van der Waals surface area contributed by atoms with Crippen LogP contribution in [-0.4, -0.2) is 47.5 Å². The van der Waals surface area contributed by atoms with Crippen molar-refractivity contribution in [3.8, 4) is 11.5 Å². The Kier molecular flexibility index (Phi) is 6.12. The zero-order valence-electron chi connectivity index (χ0n) is 19.0. The second-order valence-corrected chi connectivity index (χ2v) is 7.89. The minimum Gasteiger partial charge on any atom is -0.493 e. The van der Waals surface area contributed by atoms with Crippen LogP contribution in [0.2, 0.25) is 0 Å². The Balaban J connectivity index is 1.89. The number of nitrogens with zero attached hydrogens (tertiary/aromatic N) is 4. The first-order valence-corrected chi connectivity index (χ1v) is 10.5. The highest BCUT2D eigenvalue weighted by atomic mass is 16.5. The van der Waals surface area contributed by atoms with Gasteiger partial charge in [-0.05, 0) is 30.2 Å². The number of nitrogens with one attached hydrogen (secondary N) is 1. The van der Waals surface area contributed by atoms with Crippen LogP contribution in [-0.2, 0) is 0 Å². The summed E-state index contributed by atoms with van der Waals surface area (Å²) in [6.07, 6.45) is 1.59. The van der Waals surface area contributed by atoms with Crippen LogP contribution in [0.25, 0.3) is 22.2 Å². The first-order valence-electron chi connectivity index (χ1n) is 10.5. The zero-order valence-corrected chi connectivity index (χ0v) is 19.0. The van der Waals surface area contributed by atoms with Crippen LogP contribution in [0.5, 0.6) is 11.5 Å². The average Bonchev–Trinajstić information content (AvgIpc) is 3.09. The van der Waals surface area contributed by atoms with E-state index in [1.54, 1.807) is 26.5 Å². The number of hydrogen-bond acceptors (Lipinski definition) is 7. The molecule has 0 unspecified atom stereocenters. The molecule has 2 heterocycles. The second-order valence-electron chi connectivity index (χ2n) is 7.89. The monoisotopic (exact) mass is 446 g/mol. The molecule has 33 heavy (non-hydrogen) atoms. The van der Waals surface area contributed by atoms with Crippen LogP contribution in [0.4, 0.5) is 5.82 Å². The minimum atomic E-state index is -0.316. The highest BCUT2D eigenvalue weighted by Crippen LogP contribution is 2.31. The lowest BCUT2D eigenvalue weighted by Crippen LogP contribution is -2.28. The third kappa shape index (κ3) is 4.17. The second kappa shape index (κ2) is 9.15. The van der Waals surface area contributed by atoms with Crippen molar-refractivity contribution in [2.24, 2.45) is 11.0 Å². The molecule has 4 aromatic rings. The number of nitrogens with two attached hydrogens (primary N) is 1. The van der Waals surface area contributed by atoms with E-state index >= 15 is 0 Å². The Bertz CT molecular complexity index is 1360. The van der Waals surface area contributed by atoms with Crippen LogP contribution in [0, 0.1) is 5.92 Å². The third-order valence-corrected chi connectivity index (χ3v) is 5.12. The standard InChI is InChI=1S/C24H26N6O3/c1-14(2)12-26-24(31)19-20-23(29-17-10-6-5-9-16(17)28-20)30(22(19)25)27-13-15-8-7-11-18(32-3)21(15)33-4/h5-11,13-14H,12,25H2,1-4H3,(H,26,31). The number of nitrogen functional groups attached to an aromatic ring is 1. The number of anilines is 1.